The molecule has 3 aromatic rings. The van der Waals surface area contributed by atoms with Crippen LogP contribution in [0.15, 0.2) is 55.2 Å². The Bertz CT molecular complexity index is 862. The van der Waals surface area contributed by atoms with E-state index in [1.165, 1.54) is 6.33 Å². The molecule has 1 N–H and O–H groups in total. The lowest BCUT2D eigenvalue weighted by Gasteiger charge is -2.25. The number of nitrogens with one attached hydrogen (secondary N) is 1. The second-order valence-electron chi connectivity index (χ2n) is 6.44. The molecule has 1 aliphatic heterocycles. The Morgan fingerprint density at radius 2 is 2.31 bits per heavy atom. The number of hydrogen-bond donors (Lipinski definition) is 1. The van der Waals surface area contributed by atoms with Gasteiger partial charge in [-0.1, -0.05) is 6.07 Å². The molecule has 4 heterocycles. The number of rotatable bonds is 5. The van der Waals surface area contributed by atoms with Crippen molar-refractivity contribution >= 4 is 17.2 Å². The molecule has 0 saturated carbocycles. The number of nitrogens with zero attached hydrogens (tertiary/aromatic N) is 4. The summed E-state index contributed by atoms with van der Waals surface area (Å²) in [5.74, 6) is 0.783. The quantitative estimate of drug-likeness (QED) is 0.758. The van der Waals surface area contributed by atoms with E-state index < -0.39 is 0 Å². The van der Waals surface area contributed by atoms with E-state index in [2.05, 4.69) is 20.2 Å². The number of carbonyl (C=O) groups is 1. The van der Waals surface area contributed by atoms with Crippen LogP contribution in [0.3, 0.4) is 0 Å². The van der Waals surface area contributed by atoms with Gasteiger partial charge in [-0.3, -0.25) is 4.79 Å². The molecular weight excluding hydrogens is 330 g/mol. The van der Waals surface area contributed by atoms with Crippen molar-refractivity contribution in [3.63, 3.8) is 0 Å². The number of ether oxygens (including phenoxy) is 1. The van der Waals surface area contributed by atoms with Crippen molar-refractivity contribution in [1.82, 2.24) is 19.7 Å². The molecule has 26 heavy (non-hydrogen) atoms. The third-order valence-corrected chi connectivity index (χ3v) is 4.83. The summed E-state index contributed by atoms with van der Waals surface area (Å²) in [5.41, 5.74) is 1.66. The highest BCUT2D eigenvalue weighted by atomic mass is 16.5. The molecule has 0 unspecified atom stereocenters. The minimum Gasteiger partial charge on any atom is -0.380 e. The predicted molar refractivity (Wildman–Crippen MR) is 98.3 cm³/mol. The van der Waals surface area contributed by atoms with E-state index in [4.69, 9.17) is 4.74 Å². The average molecular weight is 351 g/mol. The second-order valence-corrected chi connectivity index (χ2v) is 6.44. The highest BCUT2D eigenvalue weighted by Gasteiger charge is 2.33. The van der Waals surface area contributed by atoms with Crippen LogP contribution in [0.2, 0.25) is 0 Å². The number of pyridine rings is 1. The molecule has 0 aromatic carbocycles. The molecule has 4 rings (SSSR count). The molecule has 0 aliphatic carbocycles. The molecule has 1 saturated heterocycles. The van der Waals surface area contributed by atoms with Crippen molar-refractivity contribution < 1.29 is 9.53 Å². The fraction of sp³-hybridized carbons (Fsp3) is 0.316. The molecule has 3 aromatic heterocycles. The third-order valence-electron chi connectivity index (χ3n) is 4.83. The number of hydrogen-bond acceptors (Lipinski definition) is 5. The van der Waals surface area contributed by atoms with Crippen LogP contribution >= 0.6 is 0 Å². The maximum absolute atomic E-state index is 12.6. The number of fused-ring (bicyclic) bond motifs is 1. The van der Waals surface area contributed by atoms with E-state index in [1.807, 2.05) is 47.1 Å². The largest absolute Gasteiger partial charge is 0.380 e. The summed E-state index contributed by atoms with van der Waals surface area (Å²) in [5, 5.41) is 3.05. The van der Waals surface area contributed by atoms with Gasteiger partial charge in [0, 0.05) is 44.3 Å². The van der Waals surface area contributed by atoms with E-state index in [-0.39, 0.29) is 18.1 Å². The van der Waals surface area contributed by atoms with Crippen LogP contribution in [0.25, 0.3) is 5.52 Å². The van der Waals surface area contributed by atoms with Gasteiger partial charge in [0.1, 0.15) is 12.1 Å². The van der Waals surface area contributed by atoms with Crippen molar-refractivity contribution in [3.05, 3.63) is 60.8 Å². The Balaban J connectivity index is 1.45. The first kappa shape index (κ1) is 16.5. The van der Waals surface area contributed by atoms with Gasteiger partial charge >= 0.3 is 0 Å². The molecule has 1 fully saturated rings. The number of carbonyl (C=O) groups excluding carboxylic acids is 1. The summed E-state index contributed by atoms with van der Waals surface area (Å²) in [6, 6.07) is 9.79. The standard InChI is InChI=1S/C19H21N5O2/c1-26-17-9-16(24(12-17)18-5-6-20-13-22-18)10-21-19(25)14-8-15-4-2-3-7-23(15)11-14/h2-8,11,13,16-17H,9-10,12H2,1H3,(H,21,25)/t16-,17-/m1/s1. The topological polar surface area (TPSA) is 71.8 Å². The summed E-state index contributed by atoms with van der Waals surface area (Å²) in [4.78, 5) is 23.1. The Hall–Kier alpha value is -2.93. The van der Waals surface area contributed by atoms with Crippen LogP contribution in [0.5, 0.6) is 0 Å². The zero-order chi connectivity index (χ0) is 17.9. The van der Waals surface area contributed by atoms with E-state index in [0.717, 1.165) is 24.3 Å². The normalized spacial score (nSPS) is 19.8. The zero-order valence-corrected chi connectivity index (χ0v) is 14.6. The molecular formula is C19H21N5O2. The molecule has 134 valence electrons. The van der Waals surface area contributed by atoms with E-state index in [1.54, 1.807) is 13.3 Å². The number of anilines is 1. The van der Waals surface area contributed by atoms with Crippen LogP contribution in [-0.2, 0) is 4.74 Å². The molecule has 0 spiro atoms. The third kappa shape index (κ3) is 3.25. The van der Waals surface area contributed by atoms with Crippen LogP contribution in [0.4, 0.5) is 5.82 Å². The Morgan fingerprint density at radius 1 is 1.38 bits per heavy atom. The average Bonchev–Trinajstić information content (AvgIpc) is 3.30. The number of amides is 1. The maximum atomic E-state index is 12.6. The van der Waals surface area contributed by atoms with Gasteiger partial charge in [0.15, 0.2) is 0 Å². The second kappa shape index (κ2) is 7.13. The summed E-state index contributed by atoms with van der Waals surface area (Å²) in [6.45, 7) is 1.29. The SMILES string of the molecule is CO[C@@H]1C[C@H](CNC(=O)c2cc3ccccn3c2)N(c2ccncn2)C1. The van der Waals surface area contributed by atoms with E-state index >= 15 is 0 Å². The summed E-state index contributed by atoms with van der Waals surface area (Å²) in [7, 11) is 1.72. The molecule has 0 bridgehead atoms. The van der Waals surface area contributed by atoms with Crippen LogP contribution in [0, 0.1) is 0 Å². The molecule has 1 amide bonds. The fourth-order valence-electron chi connectivity index (χ4n) is 3.46. The van der Waals surface area contributed by atoms with Crippen LogP contribution in [-0.4, -0.2) is 52.6 Å². The Labute approximate surface area is 151 Å². The van der Waals surface area contributed by atoms with Gasteiger partial charge in [-0.25, -0.2) is 9.97 Å². The molecule has 2 atom stereocenters. The van der Waals surface area contributed by atoms with Gasteiger partial charge < -0.3 is 19.4 Å². The van der Waals surface area contributed by atoms with Crippen molar-refractivity contribution in [2.45, 2.75) is 18.6 Å². The monoisotopic (exact) mass is 351 g/mol. The van der Waals surface area contributed by atoms with Gasteiger partial charge in [-0.05, 0) is 30.7 Å². The highest BCUT2D eigenvalue weighted by molar-refractivity contribution is 5.95. The minimum atomic E-state index is -0.0720. The number of aromatic nitrogens is 3. The first-order chi connectivity index (χ1) is 12.7. The van der Waals surface area contributed by atoms with Crippen LogP contribution in [0.1, 0.15) is 16.8 Å². The molecule has 0 radical (unpaired) electrons. The molecule has 7 nitrogen and oxygen atoms in total. The van der Waals surface area contributed by atoms with Crippen molar-refractivity contribution in [2.24, 2.45) is 0 Å². The number of methoxy groups -OCH3 is 1. The summed E-state index contributed by atoms with van der Waals surface area (Å²) in [6.07, 6.45) is 8.02. The van der Waals surface area contributed by atoms with Gasteiger partial charge in [-0.15, -0.1) is 0 Å². The predicted octanol–water partition coefficient (Wildman–Crippen LogP) is 1.75. The van der Waals surface area contributed by atoms with Crippen LogP contribution < -0.4 is 10.2 Å². The smallest absolute Gasteiger partial charge is 0.252 e. The van der Waals surface area contributed by atoms with Crippen molar-refractivity contribution in [3.8, 4) is 0 Å². The first-order valence-corrected chi connectivity index (χ1v) is 8.65. The van der Waals surface area contributed by atoms with Crippen molar-refractivity contribution in [2.75, 3.05) is 25.1 Å². The summed E-state index contributed by atoms with van der Waals surface area (Å²) < 4.78 is 7.47. The molecule has 7 heteroatoms. The minimum absolute atomic E-state index is 0.0720. The van der Waals surface area contributed by atoms with Gasteiger partial charge in [0.05, 0.1) is 17.7 Å². The maximum Gasteiger partial charge on any atom is 0.252 e. The Kier molecular flexibility index (Phi) is 4.53. The van der Waals surface area contributed by atoms with E-state index in [9.17, 15) is 4.79 Å². The lowest BCUT2D eigenvalue weighted by molar-refractivity contribution is 0.0946. The highest BCUT2D eigenvalue weighted by Crippen LogP contribution is 2.24. The molecule has 1 aliphatic rings. The van der Waals surface area contributed by atoms with Gasteiger partial charge in [-0.2, -0.15) is 0 Å². The fourth-order valence-corrected chi connectivity index (χ4v) is 3.46. The zero-order valence-electron chi connectivity index (χ0n) is 14.6. The Morgan fingerprint density at radius 3 is 3.08 bits per heavy atom. The lowest BCUT2D eigenvalue weighted by atomic mass is 10.2. The van der Waals surface area contributed by atoms with Gasteiger partial charge in [0.2, 0.25) is 0 Å². The van der Waals surface area contributed by atoms with E-state index in [0.29, 0.717) is 12.1 Å². The first-order valence-electron chi connectivity index (χ1n) is 8.65. The van der Waals surface area contributed by atoms with Crippen molar-refractivity contribution in [1.29, 1.82) is 0 Å². The lowest BCUT2D eigenvalue weighted by Crippen LogP contribution is -2.40. The summed E-state index contributed by atoms with van der Waals surface area (Å²) >= 11 is 0. The van der Waals surface area contributed by atoms with Gasteiger partial charge in [0.25, 0.3) is 5.91 Å².